The second kappa shape index (κ2) is 6.12. The molecule has 0 atom stereocenters. The molecule has 0 saturated heterocycles. The Morgan fingerprint density at radius 2 is 2.18 bits per heavy atom. The van der Waals surface area contributed by atoms with Crippen LogP contribution < -0.4 is 5.32 Å². The molecule has 0 spiro atoms. The second-order valence-electron chi connectivity index (χ2n) is 3.35. The molecular formula is C8H13F3N4OS. The monoisotopic (exact) mass is 270 g/mol. The zero-order valence-electron chi connectivity index (χ0n) is 9.16. The maximum atomic E-state index is 12.3. The van der Waals surface area contributed by atoms with Gasteiger partial charge in [0, 0.05) is 31.7 Å². The molecule has 2 N–H and O–H groups in total. The van der Waals surface area contributed by atoms with Gasteiger partial charge in [0.1, 0.15) is 10.7 Å². The molecule has 0 radical (unpaired) electrons. The Kier molecular flexibility index (Phi) is 5.09. The SMILES string of the molecule is CNc1snnc1CN(CCO)CC(F)(F)F. The van der Waals surface area contributed by atoms with Crippen LogP contribution in [0.4, 0.5) is 18.2 Å². The predicted molar refractivity (Wildman–Crippen MR) is 57.9 cm³/mol. The van der Waals surface area contributed by atoms with Crippen LogP contribution >= 0.6 is 11.5 Å². The number of rotatable bonds is 6. The van der Waals surface area contributed by atoms with E-state index in [1.165, 1.54) is 0 Å². The lowest BCUT2D eigenvalue weighted by Crippen LogP contribution is -2.36. The minimum atomic E-state index is -4.29. The number of hydrogen-bond acceptors (Lipinski definition) is 6. The van der Waals surface area contributed by atoms with Gasteiger partial charge in [0.25, 0.3) is 0 Å². The lowest BCUT2D eigenvalue weighted by Gasteiger charge is -2.21. The van der Waals surface area contributed by atoms with E-state index in [9.17, 15) is 13.2 Å². The summed E-state index contributed by atoms with van der Waals surface area (Å²) in [7, 11) is 1.65. The molecule has 9 heteroatoms. The Morgan fingerprint density at radius 1 is 1.47 bits per heavy atom. The molecular weight excluding hydrogens is 257 g/mol. The number of anilines is 1. The highest BCUT2D eigenvalue weighted by Gasteiger charge is 2.31. The van der Waals surface area contributed by atoms with Gasteiger partial charge in [-0.25, -0.2) is 0 Å². The minimum absolute atomic E-state index is 0.00669. The van der Waals surface area contributed by atoms with Crippen molar-refractivity contribution in [2.75, 3.05) is 32.1 Å². The van der Waals surface area contributed by atoms with Gasteiger partial charge in [-0.2, -0.15) is 13.2 Å². The van der Waals surface area contributed by atoms with Crippen molar-refractivity contribution in [2.45, 2.75) is 12.7 Å². The highest BCUT2D eigenvalue weighted by molar-refractivity contribution is 7.10. The van der Waals surface area contributed by atoms with Crippen LogP contribution in [0, 0.1) is 0 Å². The van der Waals surface area contributed by atoms with E-state index in [0.29, 0.717) is 10.7 Å². The molecule has 0 saturated carbocycles. The highest BCUT2D eigenvalue weighted by Crippen LogP contribution is 2.21. The lowest BCUT2D eigenvalue weighted by molar-refractivity contribution is -0.148. The normalized spacial score (nSPS) is 12.1. The van der Waals surface area contributed by atoms with Crippen molar-refractivity contribution < 1.29 is 18.3 Å². The molecule has 1 aromatic rings. The molecule has 1 rings (SSSR count). The molecule has 0 aromatic carbocycles. The van der Waals surface area contributed by atoms with E-state index in [2.05, 4.69) is 14.9 Å². The van der Waals surface area contributed by atoms with Gasteiger partial charge in [0.05, 0.1) is 13.2 Å². The number of halogens is 3. The zero-order valence-corrected chi connectivity index (χ0v) is 9.98. The van der Waals surface area contributed by atoms with E-state index in [0.717, 1.165) is 16.4 Å². The van der Waals surface area contributed by atoms with Crippen molar-refractivity contribution in [2.24, 2.45) is 0 Å². The van der Waals surface area contributed by atoms with E-state index in [1.807, 2.05) is 0 Å². The van der Waals surface area contributed by atoms with E-state index >= 15 is 0 Å². The average molecular weight is 270 g/mol. The Labute approximate surface area is 100 Å². The summed E-state index contributed by atoms with van der Waals surface area (Å²) in [4.78, 5) is 1.08. The first kappa shape index (κ1) is 14.1. The minimum Gasteiger partial charge on any atom is -0.395 e. The average Bonchev–Trinajstić information content (AvgIpc) is 2.63. The molecule has 17 heavy (non-hydrogen) atoms. The van der Waals surface area contributed by atoms with Gasteiger partial charge < -0.3 is 10.4 Å². The van der Waals surface area contributed by atoms with Crippen LogP contribution in [0.1, 0.15) is 5.69 Å². The van der Waals surface area contributed by atoms with E-state index < -0.39 is 12.7 Å². The molecule has 1 heterocycles. The Morgan fingerprint density at radius 3 is 2.71 bits per heavy atom. The van der Waals surface area contributed by atoms with Crippen LogP contribution in [0.3, 0.4) is 0 Å². The van der Waals surface area contributed by atoms with Crippen molar-refractivity contribution >= 4 is 16.5 Å². The van der Waals surface area contributed by atoms with Crippen LogP contribution in [0.25, 0.3) is 0 Å². The first-order chi connectivity index (χ1) is 7.96. The molecule has 0 aliphatic carbocycles. The molecule has 1 aromatic heterocycles. The summed E-state index contributed by atoms with van der Waals surface area (Å²) in [6, 6.07) is 0. The van der Waals surface area contributed by atoms with Crippen LogP contribution in [0.5, 0.6) is 0 Å². The van der Waals surface area contributed by atoms with Gasteiger partial charge in [-0.1, -0.05) is 4.49 Å². The highest BCUT2D eigenvalue weighted by atomic mass is 32.1. The number of aliphatic hydroxyl groups excluding tert-OH is 1. The summed E-state index contributed by atoms with van der Waals surface area (Å²) in [5.74, 6) is 0. The van der Waals surface area contributed by atoms with Gasteiger partial charge in [-0.05, 0) is 0 Å². The third-order valence-electron chi connectivity index (χ3n) is 1.98. The summed E-state index contributed by atoms with van der Waals surface area (Å²) >= 11 is 1.08. The zero-order chi connectivity index (χ0) is 12.9. The topological polar surface area (TPSA) is 61.3 Å². The summed E-state index contributed by atoms with van der Waals surface area (Å²) in [5.41, 5.74) is 0.454. The lowest BCUT2D eigenvalue weighted by atomic mass is 10.3. The van der Waals surface area contributed by atoms with Crippen molar-refractivity contribution in [1.29, 1.82) is 0 Å². The van der Waals surface area contributed by atoms with Crippen LogP contribution in [0.15, 0.2) is 0 Å². The first-order valence-electron chi connectivity index (χ1n) is 4.85. The van der Waals surface area contributed by atoms with Gasteiger partial charge in [-0.15, -0.1) is 5.10 Å². The molecule has 0 unspecified atom stereocenters. The van der Waals surface area contributed by atoms with Crippen LogP contribution in [-0.2, 0) is 6.54 Å². The van der Waals surface area contributed by atoms with Gasteiger partial charge in [0.15, 0.2) is 0 Å². The molecule has 5 nitrogen and oxygen atoms in total. The number of alkyl halides is 3. The number of hydrogen-bond donors (Lipinski definition) is 2. The van der Waals surface area contributed by atoms with E-state index in [1.54, 1.807) is 7.05 Å². The summed E-state index contributed by atoms with van der Waals surface area (Å²) in [6.07, 6.45) is -4.29. The smallest absolute Gasteiger partial charge is 0.395 e. The number of aromatic nitrogens is 2. The molecule has 0 bridgehead atoms. The Balaban J connectivity index is 2.66. The second-order valence-corrected chi connectivity index (χ2v) is 4.10. The van der Waals surface area contributed by atoms with Crippen molar-refractivity contribution in [3.8, 4) is 0 Å². The van der Waals surface area contributed by atoms with Crippen molar-refractivity contribution in [1.82, 2.24) is 14.5 Å². The first-order valence-corrected chi connectivity index (χ1v) is 5.62. The number of aliphatic hydroxyl groups is 1. The fraction of sp³-hybridized carbons (Fsp3) is 0.750. The Hall–Kier alpha value is -0.930. The molecule has 0 aliphatic heterocycles. The van der Waals surface area contributed by atoms with Gasteiger partial charge in [-0.3, -0.25) is 4.90 Å². The summed E-state index contributed by atoms with van der Waals surface area (Å²) in [6.45, 7) is -1.45. The molecule has 0 aliphatic rings. The third kappa shape index (κ3) is 4.84. The quantitative estimate of drug-likeness (QED) is 0.805. The van der Waals surface area contributed by atoms with Crippen LogP contribution in [0.2, 0.25) is 0 Å². The number of nitrogens with zero attached hydrogens (tertiary/aromatic N) is 3. The number of nitrogens with one attached hydrogen (secondary N) is 1. The van der Waals surface area contributed by atoms with Crippen molar-refractivity contribution in [3.05, 3.63) is 5.69 Å². The van der Waals surface area contributed by atoms with Gasteiger partial charge in [0.2, 0.25) is 0 Å². The fourth-order valence-corrected chi connectivity index (χ4v) is 1.85. The maximum Gasteiger partial charge on any atom is 0.401 e. The third-order valence-corrected chi connectivity index (χ3v) is 2.76. The summed E-state index contributed by atoms with van der Waals surface area (Å²) in [5, 5.41) is 15.9. The van der Waals surface area contributed by atoms with E-state index in [4.69, 9.17) is 5.11 Å². The molecule has 98 valence electrons. The van der Waals surface area contributed by atoms with Crippen molar-refractivity contribution in [3.63, 3.8) is 0 Å². The van der Waals surface area contributed by atoms with Crippen LogP contribution in [-0.4, -0.2) is 52.5 Å². The predicted octanol–water partition coefficient (Wildman–Crippen LogP) is 0.936. The van der Waals surface area contributed by atoms with E-state index in [-0.39, 0.29) is 19.7 Å². The molecule has 0 amide bonds. The maximum absolute atomic E-state index is 12.3. The summed E-state index contributed by atoms with van der Waals surface area (Å²) < 4.78 is 40.5. The van der Waals surface area contributed by atoms with Gasteiger partial charge >= 0.3 is 6.18 Å². The Bertz CT molecular complexity index is 344. The largest absolute Gasteiger partial charge is 0.401 e. The standard InChI is InChI=1S/C8H13F3N4OS/c1-12-7-6(13-14-17-7)4-15(2-3-16)5-8(9,10)11/h12,16H,2-5H2,1H3. The molecule has 0 fully saturated rings. The fourth-order valence-electron chi connectivity index (χ4n) is 1.32.